The van der Waals surface area contributed by atoms with E-state index >= 15 is 0 Å². The van der Waals surface area contributed by atoms with Gasteiger partial charge in [-0.25, -0.2) is 8.78 Å². The smallest absolute Gasteiger partial charge is 0.159 e. The summed E-state index contributed by atoms with van der Waals surface area (Å²) >= 11 is 5.86. The van der Waals surface area contributed by atoms with Crippen molar-refractivity contribution in [3.63, 3.8) is 0 Å². The average molecular weight is 299 g/mol. The van der Waals surface area contributed by atoms with Gasteiger partial charge in [0, 0.05) is 10.6 Å². The first-order chi connectivity index (χ1) is 9.47. The van der Waals surface area contributed by atoms with Crippen molar-refractivity contribution in [2.24, 2.45) is 0 Å². The van der Waals surface area contributed by atoms with Gasteiger partial charge in [0.1, 0.15) is 12.4 Å². The number of rotatable bonds is 4. The molecule has 0 aliphatic rings. The summed E-state index contributed by atoms with van der Waals surface area (Å²) in [6.07, 6.45) is -0.742. The second kappa shape index (κ2) is 6.20. The van der Waals surface area contributed by atoms with Gasteiger partial charge in [-0.05, 0) is 42.8 Å². The van der Waals surface area contributed by atoms with Crippen molar-refractivity contribution >= 4 is 11.6 Å². The lowest BCUT2D eigenvalue weighted by molar-refractivity contribution is 0.190. The Kier molecular flexibility index (Phi) is 4.57. The van der Waals surface area contributed by atoms with Crippen LogP contribution in [0.1, 0.15) is 24.2 Å². The molecule has 0 saturated carbocycles. The molecule has 2 rings (SSSR count). The van der Waals surface area contributed by atoms with Crippen LogP contribution in [0, 0.1) is 11.6 Å². The van der Waals surface area contributed by atoms with Crippen LogP contribution in [0.3, 0.4) is 0 Å². The van der Waals surface area contributed by atoms with E-state index in [0.29, 0.717) is 21.9 Å². The van der Waals surface area contributed by atoms with E-state index in [1.54, 1.807) is 25.1 Å². The van der Waals surface area contributed by atoms with Gasteiger partial charge in [-0.2, -0.15) is 0 Å². The number of halogens is 3. The van der Waals surface area contributed by atoms with Crippen LogP contribution < -0.4 is 4.74 Å². The molecule has 0 fully saturated rings. The van der Waals surface area contributed by atoms with Crippen molar-refractivity contribution in [2.75, 3.05) is 0 Å². The van der Waals surface area contributed by atoms with Crippen LogP contribution in [-0.4, -0.2) is 5.11 Å². The molecule has 2 nitrogen and oxygen atoms in total. The van der Waals surface area contributed by atoms with Gasteiger partial charge in [0.2, 0.25) is 0 Å². The molecule has 0 radical (unpaired) electrons. The molecule has 1 atom stereocenters. The third-order valence-electron chi connectivity index (χ3n) is 2.80. The van der Waals surface area contributed by atoms with Crippen LogP contribution in [-0.2, 0) is 6.61 Å². The van der Waals surface area contributed by atoms with E-state index in [-0.39, 0.29) is 6.61 Å². The SMILES string of the molecule is C[C@H](O)c1cc(Cl)ccc1OCc1ccc(F)c(F)c1. The molecule has 0 aromatic heterocycles. The Hall–Kier alpha value is -1.65. The van der Waals surface area contributed by atoms with E-state index in [1.807, 2.05) is 0 Å². The van der Waals surface area contributed by atoms with E-state index in [1.165, 1.54) is 6.07 Å². The molecular formula is C15H13ClF2O2. The quantitative estimate of drug-likeness (QED) is 0.914. The third kappa shape index (κ3) is 3.46. The largest absolute Gasteiger partial charge is 0.489 e. The molecule has 0 bridgehead atoms. The zero-order chi connectivity index (χ0) is 14.7. The van der Waals surface area contributed by atoms with E-state index in [9.17, 15) is 13.9 Å². The topological polar surface area (TPSA) is 29.5 Å². The number of benzene rings is 2. The van der Waals surface area contributed by atoms with Gasteiger partial charge in [0.25, 0.3) is 0 Å². The van der Waals surface area contributed by atoms with Crippen LogP contribution in [0.25, 0.3) is 0 Å². The lowest BCUT2D eigenvalue weighted by Crippen LogP contribution is -2.01. The number of ether oxygens (including phenoxy) is 1. The zero-order valence-corrected chi connectivity index (χ0v) is 11.5. The maximum atomic E-state index is 13.1. The Morgan fingerprint density at radius 3 is 2.55 bits per heavy atom. The Bertz CT molecular complexity index is 615. The molecule has 0 amide bonds. The van der Waals surface area contributed by atoms with Crippen molar-refractivity contribution in [1.82, 2.24) is 0 Å². The highest BCUT2D eigenvalue weighted by molar-refractivity contribution is 6.30. The summed E-state index contributed by atoms with van der Waals surface area (Å²) in [5.74, 6) is -1.36. The summed E-state index contributed by atoms with van der Waals surface area (Å²) in [5.41, 5.74) is 1.04. The van der Waals surface area contributed by atoms with E-state index in [0.717, 1.165) is 12.1 Å². The maximum absolute atomic E-state index is 13.1. The minimum atomic E-state index is -0.919. The first-order valence-electron chi connectivity index (χ1n) is 6.01. The molecule has 1 N–H and O–H groups in total. The molecule has 5 heteroatoms. The standard InChI is InChI=1S/C15H13ClF2O2/c1-9(19)12-7-11(16)3-5-15(12)20-8-10-2-4-13(17)14(18)6-10/h2-7,9,19H,8H2,1H3/t9-/m0/s1. The molecule has 0 heterocycles. The predicted octanol–water partition coefficient (Wildman–Crippen LogP) is 4.25. The Balaban J connectivity index is 2.16. The summed E-state index contributed by atoms with van der Waals surface area (Å²) in [4.78, 5) is 0. The molecule has 0 aliphatic heterocycles. The summed E-state index contributed by atoms with van der Waals surface area (Å²) in [7, 11) is 0. The van der Waals surface area contributed by atoms with Gasteiger partial charge in [0.05, 0.1) is 6.10 Å². The van der Waals surface area contributed by atoms with Crippen LogP contribution in [0.2, 0.25) is 5.02 Å². The van der Waals surface area contributed by atoms with E-state index in [4.69, 9.17) is 16.3 Å². The van der Waals surface area contributed by atoms with Crippen molar-refractivity contribution < 1.29 is 18.6 Å². The second-order valence-corrected chi connectivity index (χ2v) is 4.83. The highest BCUT2D eigenvalue weighted by Gasteiger charge is 2.11. The molecule has 0 unspecified atom stereocenters. The summed E-state index contributed by atoms with van der Waals surface area (Å²) < 4.78 is 31.4. The van der Waals surface area contributed by atoms with Gasteiger partial charge < -0.3 is 9.84 Å². The molecule has 0 saturated heterocycles. The van der Waals surface area contributed by atoms with Crippen LogP contribution in [0.15, 0.2) is 36.4 Å². The van der Waals surface area contributed by atoms with Crippen molar-refractivity contribution in [1.29, 1.82) is 0 Å². The van der Waals surface area contributed by atoms with Gasteiger partial charge in [-0.1, -0.05) is 17.7 Å². The van der Waals surface area contributed by atoms with Crippen LogP contribution >= 0.6 is 11.6 Å². The van der Waals surface area contributed by atoms with Gasteiger partial charge in [0.15, 0.2) is 11.6 Å². The predicted molar refractivity (Wildman–Crippen MR) is 72.8 cm³/mol. The molecule has 0 aliphatic carbocycles. The minimum Gasteiger partial charge on any atom is -0.489 e. The lowest BCUT2D eigenvalue weighted by Gasteiger charge is -2.14. The monoisotopic (exact) mass is 298 g/mol. The molecule has 20 heavy (non-hydrogen) atoms. The lowest BCUT2D eigenvalue weighted by atomic mass is 10.1. The Morgan fingerprint density at radius 2 is 1.90 bits per heavy atom. The van der Waals surface area contributed by atoms with Gasteiger partial charge in [-0.15, -0.1) is 0 Å². The molecule has 0 spiro atoms. The fraction of sp³-hybridized carbons (Fsp3) is 0.200. The zero-order valence-electron chi connectivity index (χ0n) is 10.7. The molecule has 2 aromatic carbocycles. The summed E-state index contributed by atoms with van der Waals surface area (Å²) in [6.45, 7) is 1.66. The summed E-state index contributed by atoms with van der Waals surface area (Å²) in [5, 5.41) is 10.1. The number of hydrogen-bond acceptors (Lipinski definition) is 2. The normalized spacial score (nSPS) is 12.2. The average Bonchev–Trinajstić information content (AvgIpc) is 2.41. The first-order valence-corrected chi connectivity index (χ1v) is 6.39. The number of aliphatic hydroxyl groups is 1. The van der Waals surface area contributed by atoms with Crippen molar-refractivity contribution in [3.8, 4) is 5.75 Å². The van der Waals surface area contributed by atoms with Gasteiger partial charge in [-0.3, -0.25) is 0 Å². The second-order valence-electron chi connectivity index (χ2n) is 4.40. The van der Waals surface area contributed by atoms with Crippen molar-refractivity contribution in [2.45, 2.75) is 19.6 Å². The highest BCUT2D eigenvalue weighted by Crippen LogP contribution is 2.29. The first kappa shape index (κ1) is 14.8. The summed E-state index contributed by atoms with van der Waals surface area (Å²) in [6, 6.07) is 8.43. The molecule has 2 aromatic rings. The Labute approximate surface area is 120 Å². The maximum Gasteiger partial charge on any atom is 0.159 e. The fourth-order valence-corrected chi connectivity index (χ4v) is 1.95. The third-order valence-corrected chi connectivity index (χ3v) is 3.04. The van der Waals surface area contributed by atoms with Gasteiger partial charge >= 0.3 is 0 Å². The molecule has 106 valence electrons. The van der Waals surface area contributed by atoms with Crippen LogP contribution in [0.5, 0.6) is 5.75 Å². The highest BCUT2D eigenvalue weighted by atomic mass is 35.5. The van der Waals surface area contributed by atoms with Crippen LogP contribution in [0.4, 0.5) is 8.78 Å². The molecular weight excluding hydrogens is 286 g/mol. The number of aliphatic hydroxyl groups excluding tert-OH is 1. The number of hydrogen-bond donors (Lipinski definition) is 1. The van der Waals surface area contributed by atoms with E-state index in [2.05, 4.69) is 0 Å². The van der Waals surface area contributed by atoms with E-state index < -0.39 is 17.7 Å². The minimum absolute atomic E-state index is 0.0680. The fourth-order valence-electron chi connectivity index (χ4n) is 1.77. The van der Waals surface area contributed by atoms with Crippen molar-refractivity contribution in [3.05, 3.63) is 64.2 Å². The Morgan fingerprint density at radius 1 is 1.15 bits per heavy atom.